The summed E-state index contributed by atoms with van der Waals surface area (Å²) in [5.74, 6) is -1.66. The van der Waals surface area contributed by atoms with Crippen LogP contribution in [0.15, 0.2) is 48.5 Å². The van der Waals surface area contributed by atoms with Gasteiger partial charge in [0.05, 0.1) is 23.8 Å². The molecule has 0 aliphatic rings. The fourth-order valence-electron chi connectivity index (χ4n) is 2.02. The number of benzene rings is 2. The largest absolute Gasteiger partial charge is 0.388 e. The topological polar surface area (TPSA) is 92.4 Å². The van der Waals surface area contributed by atoms with E-state index in [1.807, 2.05) is 0 Å². The van der Waals surface area contributed by atoms with Gasteiger partial charge < -0.3 is 16.2 Å². The molecule has 0 heterocycles. The Kier molecular flexibility index (Phi) is 4.85. The molecule has 22 heavy (non-hydrogen) atoms. The number of aliphatic hydroxyl groups excluding tert-OH is 1. The molecular formula is C16H15FN2O3. The molecule has 1 unspecified atom stereocenters. The second-order valence-corrected chi connectivity index (χ2v) is 4.73. The van der Waals surface area contributed by atoms with Crippen molar-refractivity contribution < 1.29 is 19.1 Å². The van der Waals surface area contributed by atoms with Crippen molar-refractivity contribution in [1.29, 1.82) is 0 Å². The number of rotatable bonds is 5. The van der Waals surface area contributed by atoms with Crippen molar-refractivity contribution in [2.24, 2.45) is 5.73 Å². The molecule has 0 saturated carbocycles. The number of hydrogen-bond donors (Lipinski definition) is 3. The van der Waals surface area contributed by atoms with Gasteiger partial charge in [-0.2, -0.15) is 0 Å². The van der Waals surface area contributed by atoms with Crippen LogP contribution in [0.25, 0.3) is 0 Å². The minimum atomic E-state index is -1.14. The molecule has 2 aromatic carbocycles. The lowest BCUT2D eigenvalue weighted by Gasteiger charge is -2.12. The van der Waals surface area contributed by atoms with Gasteiger partial charge in [0.2, 0.25) is 5.91 Å². The SMILES string of the molecule is NC(=O)c1ccccc1NC(=O)CC(O)c1cccc(F)c1. The molecule has 1 atom stereocenters. The number of halogens is 1. The molecule has 5 nitrogen and oxygen atoms in total. The van der Waals surface area contributed by atoms with Crippen LogP contribution in [0.4, 0.5) is 10.1 Å². The summed E-state index contributed by atoms with van der Waals surface area (Å²) in [4.78, 5) is 23.2. The Labute approximate surface area is 126 Å². The second kappa shape index (κ2) is 6.82. The van der Waals surface area contributed by atoms with E-state index in [9.17, 15) is 19.1 Å². The molecule has 0 aromatic heterocycles. The first-order chi connectivity index (χ1) is 10.5. The smallest absolute Gasteiger partial charge is 0.250 e. The number of para-hydroxylation sites is 1. The standard InChI is InChI=1S/C16H15FN2O3/c17-11-5-3-4-10(8-11)14(20)9-15(21)19-13-7-2-1-6-12(13)16(18)22/h1-8,14,20H,9H2,(H2,18,22)(H,19,21). The zero-order valence-electron chi connectivity index (χ0n) is 11.6. The third-order valence-electron chi connectivity index (χ3n) is 3.08. The van der Waals surface area contributed by atoms with Crippen molar-refractivity contribution in [3.8, 4) is 0 Å². The molecule has 2 amide bonds. The Hall–Kier alpha value is -2.73. The normalized spacial score (nSPS) is 11.7. The molecule has 0 aliphatic heterocycles. The van der Waals surface area contributed by atoms with Gasteiger partial charge in [-0.15, -0.1) is 0 Å². The highest BCUT2D eigenvalue weighted by Crippen LogP contribution is 2.20. The van der Waals surface area contributed by atoms with E-state index >= 15 is 0 Å². The second-order valence-electron chi connectivity index (χ2n) is 4.73. The minimum absolute atomic E-state index is 0.177. The predicted octanol–water partition coefficient (Wildman–Crippen LogP) is 1.99. The van der Waals surface area contributed by atoms with Crippen molar-refractivity contribution in [2.45, 2.75) is 12.5 Å². The van der Waals surface area contributed by atoms with Gasteiger partial charge >= 0.3 is 0 Å². The number of aliphatic hydroxyl groups is 1. The van der Waals surface area contributed by atoms with Crippen molar-refractivity contribution in [3.63, 3.8) is 0 Å². The summed E-state index contributed by atoms with van der Waals surface area (Å²) in [6, 6.07) is 11.7. The number of nitrogens with one attached hydrogen (secondary N) is 1. The Morgan fingerprint density at radius 1 is 1.18 bits per heavy atom. The number of hydrogen-bond acceptors (Lipinski definition) is 3. The van der Waals surface area contributed by atoms with E-state index in [0.717, 1.165) is 6.07 Å². The molecule has 0 saturated heterocycles. The number of anilines is 1. The van der Waals surface area contributed by atoms with Crippen molar-refractivity contribution in [2.75, 3.05) is 5.32 Å². The molecule has 0 aliphatic carbocycles. The fourth-order valence-corrected chi connectivity index (χ4v) is 2.02. The first-order valence-corrected chi connectivity index (χ1v) is 6.59. The van der Waals surface area contributed by atoms with E-state index in [4.69, 9.17) is 5.73 Å². The quantitative estimate of drug-likeness (QED) is 0.788. The highest BCUT2D eigenvalue weighted by molar-refractivity contribution is 6.03. The van der Waals surface area contributed by atoms with Gasteiger partial charge in [0.25, 0.3) is 5.91 Å². The lowest BCUT2D eigenvalue weighted by Crippen LogP contribution is -2.19. The zero-order valence-corrected chi connectivity index (χ0v) is 11.6. The maximum atomic E-state index is 13.1. The summed E-state index contributed by atoms with van der Waals surface area (Å²) in [6.07, 6.45) is -1.41. The van der Waals surface area contributed by atoms with Crippen LogP contribution >= 0.6 is 0 Å². The van der Waals surface area contributed by atoms with Crippen LogP contribution in [0, 0.1) is 5.82 Å². The Bertz CT molecular complexity index is 703. The molecule has 0 spiro atoms. The minimum Gasteiger partial charge on any atom is -0.388 e. The summed E-state index contributed by atoms with van der Waals surface area (Å²) in [5, 5.41) is 12.5. The van der Waals surface area contributed by atoms with Gasteiger partial charge in [0, 0.05) is 0 Å². The summed E-state index contributed by atoms with van der Waals surface area (Å²) < 4.78 is 13.1. The summed E-state index contributed by atoms with van der Waals surface area (Å²) in [5.41, 5.74) is 5.97. The van der Waals surface area contributed by atoms with Crippen LogP contribution in [0.1, 0.15) is 28.4 Å². The number of primary amides is 1. The highest BCUT2D eigenvalue weighted by atomic mass is 19.1. The van der Waals surface area contributed by atoms with E-state index in [0.29, 0.717) is 5.56 Å². The number of nitrogens with two attached hydrogens (primary N) is 1. The molecule has 0 bridgehead atoms. The van der Waals surface area contributed by atoms with Gasteiger partial charge in [0.15, 0.2) is 0 Å². The first-order valence-electron chi connectivity index (χ1n) is 6.59. The van der Waals surface area contributed by atoms with E-state index < -0.39 is 23.7 Å². The van der Waals surface area contributed by atoms with Crippen molar-refractivity contribution in [3.05, 3.63) is 65.5 Å². The van der Waals surface area contributed by atoms with Crippen molar-refractivity contribution in [1.82, 2.24) is 0 Å². The summed E-state index contributed by atoms with van der Waals surface area (Å²) in [6.45, 7) is 0. The molecule has 2 aromatic rings. The lowest BCUT2D eigenvalue weighted by atomic mass is 10.1. The first kappa shape index (κ1) is 15.7. The highest BCUT2D eigenvalue weighted by Gasteiger charge is 2.15. The molecule has 2 rings (SSSR count). The number of carbonyl (C=O) groups is 2. The molecular weight excluding hydrogens is 287 g/mol. The van der Waals surface area contributed by atoms with Crippen LogP contribution in [-0.4, -0.2) is 16.9 Å². The van der Waals surface area contributed by atoms with Crippen LogP contribution in [0.3, 0.4) is 0 Å². The van der Waals surface area contributed by atoms with E-state index in [2.05, 4.69) is 5.32 Å². The van der Waals surface area contributed by atoms with Gasteiger partial charge in [-0.05, 0) is 29.8 Å². The van der Waals surface area contributed by atoms with E-state index in [1.165, 1.54) is 30.3 Å². The summed E-state index contributed by atoms with van der Waals surface area (Å²) >= 11 is 0. The van der Waals surface area contributed by atoms with Crippen LogP contribution in [0.2, 0.25) is 0 Å². The number of carbonyl (C=O) groups excluding carboxylic acids is 2. The predicted molar refractivity (Wildman–Crippen MR) is 79.6 cm³/mol. The van der Waals surface area contributed by atoms with Crippen LogP contribution in [0.5, 0.6) is 0 Å². The van der Waals surface area contributed by atoms with E-state index in [1.54, 1.807) is 12.1 Å². The van der Waals surface area contributed by atoms with Gasteiger partial charge in [-0.25, -0.2) is 4.39 Å². The third-order valence-corrected chi connectivity index (χ3v) is 3.08. The summed E-state index contributed by atoms with van der Waals surface area (Å²) in [7, 11) is 0. The van der Waals surface area contributed by atoms with Gasteiger partial charge in [-0.1, -0.05) is 24.3 Å². The maximum Gasteiger partial charge on any atom is 0.250 e. The van der Waals surface area contributed by atoms with Gasteiger partial charge in [-0.3, -0.25) is 9.59 Å². The van der Waals surface area contributed by atoms with E-state index in [-0.39, 0.29) is 17.7 Å². The van der Waals surface area contributed by atoms with Crippen molar-refractivity contribution >= 4 is 17.5 Å². The Morgan fingerprint density at radius 3 is 2.59 bits per heavy atom. The fraction of sp³-hybridized carbons (Fsp3) is 0.125. The maximum absolute atomic E-state index is 13.1. The number of amides is 2. The average Bonchev–Trinajstić information content (AvgIpc) is 2.47. The molecule has 114 valence electrons. The lowest BCUT2D eigenvalue weighted by molar-refractivity contribution is -0.118. The molecule has 4 N–H and O–H groups in total. The van der Waals surface area contributed by atoms with Crippen LogP contribution in [-0.2, 0) is 4.79 Å². The van der Waals surface area contributed by atoms with Crippen LogP contribution < -0.4 is 11.1 Å². The molecule has 0 fully saturated rings. The van der Waals surface area contributed by atoms with Gasteiger partial charge in [0.1, 0.15) is 5.82 Å². The average molecular weight is 302 g/mol. The molecule has 6 heteroatoms. The third kappa shape index (κ3) is 3.89. The Balaban J connectivity index is 2.06. The zero-order chi connectivity index (χ0) is 16.1. The molecule has 0 radical (unpaired) electrons. The Morgan fingerprint density at radius 2 is 1.91 bits per heavy atom. The monoisotopic (exact) mass is 302 g/mol.